The summed E-state index contributed by atoms with van der Waals surface area (Å²) in [6.07, 6.45) is 4.12. The van der Waals surface area contributed by atoms with Gasteiger partial charge >= 0.3 is 0 Å². The molecule has 0 bridgehead atoms. The molecule has 5 heteroatoms. The average Bonchev–Trinajstić information content (AvgIpc) is 2.94. The van der Waals surface area contributed by atoms with E-state index in [2.05, 4.69) is 11.9 Å². The number of imide groups is 1. The van der Waals surface area contributed by atoms with E-state index in [0.717, 1.165) is 11.1 Å². The van der Waals surface area contributed by atoms with Crippen LogP contribution in [0.25, 0.3) is 0 Å². The predicted molar refractivity (Wildman–Crippen MR) is 97.2 cm³/mol. The molecule has 0 aromatic rings. The molecule has 134 valence electrons. The number of hydrogen-bond acceptors (Lipinski definition) is 3. The van der Waals surface area contributed by atoms with Gasteiger partial charge in [0.05, 0.1) is 0 Å². The normalized spacial score (nSPS) is 23.8. The molecule has 0 saturated carbocycles. The second kappa shape index (κ2) is 10.6. The van der Waals surface area contributed by atoms with Crippen LogP contribution in [-0.4, -0.2) is 35.2 Å². The van der Waals surface area contributed by atoms with Gasteiger partial charge in [0, 0.05) is 18.5 Å². The van der Waals surface area contributed by atoms with E-state index in [4.69, 9.17) is 0 Å². The van der Waals surface area contributed by atoms with Crippen LogP contribution in [0.4, 0.5) is 0 Å². The van der Waals surface area contributed by atoms with Gasteiger partial charge in [-0.05, 0) is 31.4 Å². The fourth-order valence-corrected chi connectivity index (χ4v) is 2.60. The van der Waals surface area contributed by atoms with Gasteiger partial charge in [-0.1, -0.05) is 46.4 Å². The number of likely N-dealkylation sites (tertiary alicyclic amines) is 1. The lowest BCUT2D eigenvalue weighted by atomic mass is 10.0. The molecule has 5 nitrogen and oxygen atoms in total. The number of nitrogens with one attached hydrogen (secondary N) is 1. The fraction of sp³-hybridized carbons (Fsp3) is 0.526. The van der Waals surface area contributed by atoms with Crippen LogP contribution in [0.15, 0.2) is 35.5 Å². The van der Waals surface area contributed by atoms with Gasteiger partial charge in [0.15, 0.2) is 0 Å². The van der Waals surface area contributed by atoms with Crippen LogP contribution < -0.4 is 5.32 Å². The number of rotatable bonds is 2. The van der Waals surface area contributed by atoms with E-state index < -0.39 is 6.04 Å². The van der Waals surface area contributed by atoms with Gasteiger partial charge in [-0.2, -0.15) is 0 Å². The second-order valence-corrected chi connectivity index (χ2v) is 4.97. The van der Waals surface area contributed by atoms with Gasteiger partial charge in [-0.15, -0.1) is 0 Å². The Hall–Kier alpha value is -2.17. The van der Waals surface area contributed by atoms with Crippen molar-refractivity contribution >= 4 is 17.7 Å². The summed E-state index contributed by atoms with van der Waals surface area (Å²) in [5.74, 6) is -0.817. The van der Waals surface area contributed by atoms with Crippen LogP contribution in [0.2, 0.25) is 0 Å². The van der Waals surface area contributed by atoms with Crippen molar-refractivity contribution in [3.05, 3.63) is 35.5 Å². The van der Waals surface area contributed by atoms with E-state index in [1.165, 1.54) is 0 Å². The molecule has 0 spiro atoms. The van der Waals surface area contributed by atoms with Gasteiger partial charge in [0.1, 0.15) is 6.04 Å². The lowest BCUT2D eigenvalue weighted by Crippen LogP contribution is -2.52. The molecule has 0 radical (unpaired) electrons. The van der Waals surface area contributed by atoms with Gasteiger partial charge in [0.2, 0.25) is 11.8 Å². The van der Waals surface area contributed by atoms with Crippen molar-refractivity contribution < 1.29 is 14.4 Å². The quantitative estimate of drug-likeness (QED) is 0.623. The number of hydrogen-bond donors (Lipinski definition) is 1. The molecule has 2 fully saturated rings. The molecule has 2 aliphatic rings. The maximum Gasteiger partial charge on any atom is 0.254 e. The Bertz CT molecular complexity index is 559. The van der Waals surface area contributed by atoms with Crippen LogP contribution in [0, 0.1) is 0 Å². The maximum absolute atomic E-state index is 12.4. The van der Waals surface area contributed by atoms with Crippen LogP contribution in [0.5, 0.6) is 0 Å². The number of carbonyl (C=O) groups is 3. The Labute approximate surface area is 145 Å². The molecule has 2 aliphatic heterocycles. The minimum absolute atomic E-state index is 0.154. The number of amides is 3. The van der Waals surface area contributed by atoms with Gasteiger partial charge < -0.3 is 4.90 Å². The summed E-state index contributed by atoms with van der Waals surface area (Å²) in [6, 6.07) is -0.565. The Morgan fingerprint density at radius 1 is 1.21 bits per heavy atom. The molecule has 0 aliphatic carbocycles. The van der Waals surface area contributed by atoms with Crippen molar-refractivity contribution in [2.24, 2.45) is 0 Å². The Morgan fingerprint density at radius 3 is 2.25 bits per heavy atom. The zero-order valence-electron chi connectivity index (χ0n) is 15.7. The summed E-state index contributed by atoms with van der Waals surface area (Å²) in [5, 5.41) is 2.29. The number of carbonyl (C=O) groups excluding carboxylic acids is 3. The first-order chi connectivity index (χ1) is 11.5. The SMILES string of the molecule is C=C/C(C)=C1/CN(C2CCC(=O)NC2=O)C(=O)/C1=C/C.CC.CC. The predicted octanol–water partition coefficient (Wildman–Crippen LogP) is 3.14. The Kier molecular flexibility index (Phi) is 9.62. The zero-order valence-corrected chi connectivity index (χ0v) is 15.7. The van der Waals surface area contributed by atoms with E-state index in [0.29, 0.717) is 18.5 Å². The van der Waals surface area contributed by atoms with Crippen LogP contribution in [0.1, 0.15) is 54.4 Å². The van der Waals surface area contributed by atoms with Gasteiger partial charge in [-0.25, -0.2) is 0 Å². The molecular formula is C19H30N2O3. The minimum atomic E-state index is -0.565. The molecule has 0 aromatic heterocycles. The summed E-state index contributed by atoms with van der Waals surface area (Å²) in [6.45, 7) is 15.8. The standard InChI is InChI=1S/C15H18N2O3.2C2H6/c1-4-9(3)11-8-17(15(20)10(11)5-2)12-6-7-13(18)16-14(12)19;2*1-2/h4-5,12H,1,6-8H2,2-3H3,(H,16,18,19);2*1-2H3/b10-5+,11-9-;;. The van der Waals surface area contributed by atoms with E-state index in [1.807, 2.05) is 34.6 Å². The summed E-state index contributed by atoms with van der Waals surface area (Å²) in [7, 11) is 0. The number of nitrogens with zero attached hydrogens (tertiary/aromatic N) is 1. The summed E-state index contributed by atoms with van der Waals surface area (Å²) in [4.78, 5) is 37.0. The highest BCUT2D eigenvalue weighted by molar-refractivity contribution is 6.07. The molecule has 1 unspecified atom stereocenters. The topological polar surface area (TPSA) is 66.5 Å². The van der Waals surface area contributed by atoms with Crippen LogP contribution >= 0.6 is 0 Å². The van der Waals surface area contributed by atoms with Crippen molar-refractivity contribution in [3.8, 4) is 0 Å². The number of piperidine rings is 1. The first-order valence-electron chi connectivity index (χ1n) is 8.63. The molecule has 1 atom stereocenters. The Balaban J connectivity index is 0.00000123. The third kappa shape index (κ3) is 4.66. The second-order valence-electron chi connectivity index (χ2n) is 4.97. The molecule has 2 saturated heterocycles. The van der Waals surface area contributed by atoms with Crippen molar-refractivity contribution in [3.63, 3.8) is 0 Å². The summed E-state index contributed by atoms with van der Waals surface area (Å²) >= 11 is 0. The lowest BCUT2D eigenvalue weighted by Gasteiger charge is -2.29. The van der Waals surface area contributed by atoms with Gasteiger partial charge in [-0.3, -0.25) is 19.7 Å². The largest absolute Gasteiger partial charge is 0.322 e. The highest BCUT2D eigenvalue weighted by atomic mass is 16.2. The first kappa shape index (κ1) is 21.8. The molecule has 3 amide bonds. The average molecular weight is 334 g/mol. The van der Waals surface area contributed by atoms with Crippen LogP contribution in [-0.2, 0) is 14.4 Å². The summed E-state index contributed by atoms with van der Waals surface area (Å²) < 4.78 is 0. The third-order valence-electron chi connectivity index (χ3n) is 3.80. The highest BCUT2D eigenvalue weighted by Gasteiger charge is 2.40. The van der Waals surface area contributed by atoms with Crippen molar-refractivity contribution in [1.29, 1.82) is 0 Å². The monoisotopic (exact) mass is 334 g/mol. The smallest absolute Gasteiger partial charge is 0.254 e. The summed E-state index contributed by atoms with van der Waals surface area (Å²) in [5.41, 5.74) is 2.45. The first-order valence-corrected chi connectivity index (χ1v) is 8.63. The third-order valence-corrected chi connectivity index (χ3v) is 3.80. The van der Waals surface area contributed by atoms with Crippen molar-refractivity contribution in [1.82, 2.24) is 10.2 Å². The zero-order chi connectivity index (χ0) is 18.9. The Morgan fingerprint density at radius 2 is 1.79 bits per heavy atom. The molecule has 0 aromatic carbocycles. The van der Waals surface area contributed by atoms with Gasteiger partial charge in [0.25, 0.3) is 5.91 Å². The molecular weight excluding hydrogens is 304 g/mol. The highest BCUT2D eigenvalue weighted by Crippen LogP contribution is 2.30. The number of allylic oxidation sites excluding steroid dienone is 3. The minimum Gasteiger partial charge on any atom is -0.322 e. The molecule has 2 heterocycles. The molecule has 24 heavy (non-hydrogen) atoms. The van der Waals surface area contributed by atoms with E-state index in [9.17, 15) is 14.4 Å². The van der Waals surface area contributed by atoms with Crippen molar-refractivity contribution in [2.45, 2.75) is 60.4 Å². The molecule has 2 rings (SSSR count). The van der Waals surface area contributed by atoms with E-state index in [1.54, 1.807) is 24.0 Å². The molecule has 1 N–H and O–H groups in total. The van der Waals surface area contributed by atoms with E-state index >= 15 is 0 Å². The lowest BCUT2D eigenvalue weighted by molar-refractivity contribution is -0.142. The van der Waals surface area contributed by atoms with Crippen LogP contribution in [0.3, 0.4) is 0 Å². The van der Waals surface area contributed by atoms with E-state index in [-0.39, 0.29) is 24.1 Å². The fourth-order valence-electron chi connectivity index (χ4n) is 2.60. The van der Waals surface area contributed by atoms with Crippen molar-refractivity contribution in [2.75, 3.05) is 6.54 Å². The maximum atomic E-state index is 12.4.